The summed E-state index contributed by atoms with van der Waals surface area (Å²) in [5.41, 5.74) is 0.831. The second kappa shape index (κ2) is 7.30. The fourth-order valence-electron chi connectivity index (χ4n) is 1.75. The Morgan fingerprint density at radius 2 is 2.05 bits per heavy atom. The zero-order chi connectivity index (χ0) is 15.9. The zero-order valence-corrected chi connectivity index (χ0v) is 12.4. The predicted molar refractivity (Wildman–Crippen MR) is 86.0 cm³/mol. The smallest absolute Gasteiger partial charge is 0.262 e. The number of nitrogens with zero attached hydrogens (tertiary/aromatic N) is 1. The SMILES string of the molecule is C=CCNC(=O)/C(C#N)=C/c1ccc(-c2ccc(Cl)cc2)o1. The van der Waals surface area contributed by atoms with E-state index in [0.29, 0.717) is 23.1 Å². The van der Waals surface area contributed by atoms with E-state index in [0.717, 1.165) is 5.56 Å². The Labute approximate surface area is 133 Å². The molecule has 22 heavy (non-hydrogen) atoms. The van der Waals surface area contributed by atoms with Gasteiger partial charge in [-0.3, -0.25) is 4.79 Å². The van der Waals surface area contributed by atoms with Crippen LogP contribution in [0.2, 0.25) is 5.02 Å². The lowest BCUT2D eigenvalue weighted by Gasteiger charge is -1.99. The van der Waals surface area contributed by atoms with Crippen LogP contribution in [0.3, 0.4) is 0 Å². The number of furan rings is 1. The second-order valence-corrected chi connectivity index (χ2v) is 4.81. The van der Waals surface area contributed by atoms with E-state index in [2.05, 4.69) is 11.9 Å². The van der Waals surface area contributed by atoms with Gasteiger partial charge in [0.1, 0.15) is 23.2 Å². The number of carbonyl (C=O) groups is 1. The molecule has 0 aliphatic heterocycles. The van der Waals surface area contributed by atoms with E-state index in [9.17, 15) is 4.79 Å². The van der Waals surface area contributed by atoms with Crippen molar-refractivity contribution in [2.75, 3.05) is 6.54 Å². The average Bonchev–Trinajstić information content (AvgIpc) is 2.99. The van der Waals surface area contributed by atoms with Crippen LogP contribution < -0.4 is 5.32 Å². The number of nitriles is 1. The van der Waals surface area contributed by atoms with E-state index < -0.39 is 5.91 Å². The van der Waals surface area contributed by atoms with Crippen molar-refractivity contribution < 1.29 is 9.21 Å². The van der Waals surface area contributed by atoms with Crippen molar-refractivity contribution >= 4 is 23.6 Å². The van der Waals surface area contributed by atoms with Crippen molar-refractivity contribution in [1.82, 2.24) is 5.32 Å². The van der Waals surface area contributed by atoms with Crippen LogP contribution in [-0.4, -0.2) is 12.5 Å². The molecule has 2 aromatic rings. The van der Waals surface area contributed by atoms with Crippen LogP contribution in [0, 0.1) is 11.3 Å². The van der Waals surface area contributed by atoms with Gasteiger partial charge < -0.3 is 9.73 Å². The molecular weight excluding hydrogens is 300 g/mol. The third-order valence-electron chi connectivity index (χ3n) is 2.81. The maximum atomic E-state index is 11.7. The van der Waals surface area contributed by atoms with Gasteiger partial charge >= 0.3 is 0 Å². The molecule has 1 N–H and O–H groups in total. The van der Waals surface area contributed by atoms with Crippen molar-refractivity contribution in [3.8, 4) is 17.4 Å². The minimum atomic E-state index is -0.466. The van der Waals surface area contributed by atoms with E-state index in [1.807, 2.05) is 18.2 Å². The van der Waals surface area contributed by atoms with Crippen LogP contribution >= 0.6 is 11.6 Å². The van der Waals surface area contributed by atoms with E-state index in [1.54, 1.807) is 30.3 Å². The summed E-state index contributed by atoms with van der Waals surface area (Å²) in [5.74, 6) is 0.591. The number of rotatable bonds is 5. The molecule has 0 aliphatic carbocycles. The van der Waals surface area contributed by atoms with Crippen LogP contribution in [0.1, 0.15) is 5.76 Å². The molecule has 0 spiro atoms. The largest absolute Gasteiger partial charge is 0.457 e. The molecule has 2 rings (SSSR count). The van der Waals surface area contributed by atoms with Crippen molar-refractivity contribution in [3.63, 3.8) is 0 Å². The third kappa shape index (κ3) is 3.87. The van der Waals surface area contributed by atoms with Gasteiger partial charge in [-0.2, -0.15) is 5.26 Å². The minimum Gasteiger partial charge on any atom is -0.457 e. The molecule has 0 fully saturated rings. The van der Waals surface area contributed by atoms with E-state index >= 15 is 0 Å². The predicted octanol–water partition coefficient (Wildman–Crippen LogP) is 3.81. The molecule has 5 heteroatoms. The summed E-state index contributed by atoms with van der Waals surface area (Å²) in [6.45, 7) is 3.80. The Hall–Kier alpha value is -2.77. The van der Waals surface area contributed by atoms with Crippen LogP contribution in [0.15, 0.2) is 59.0 Å². The van der Waals surface area contributed by atoms with E-state index in [1.165, 1.54) is 6.08 Å². The maximum absolute atomic E-state index is 11.7. The van der Waals surface area contributed by atoms with Crippen LogP contribution in [0.4, 0.5) is 0 Å². The normalized spacial score (nSPS) is 10.8. The Bertz CT molecular complexity index is 752. The van der Waals surface area contributed by atoms with Crippen LogP contribution in [-0.2, 0) is 4.79 Å². The molecule has 1 amide bonds. The van der Waals surface area contributed by atoms with E-state index in [4.69, 9.17) is 21.3 Å². The number of hydrogen-bond acceptors (Lipinski definition) is 3. The summed E-state index contributed by atoms with van der Waals surface area (Å²) in [4.78, 5) is 11.7. The van der Waals surface area contributed by atoms with Crippen molar-refractivity contribution in [1.29, 1.82) is 5.26 Å². The second-order valence-electron chi connectivity index (χ2n) is 4.38. The molecule has 1 heterocycles. The number of nitrogens with one attached hydrogen (secondary N) is 1. The summed E-state index contributed by atoms with van der Waals surface area (Å²) in [5, 5.41) is 12.2. The Morgan fingerprint density at radius 3 is 2.68 bits per heavy atom. The molecule has 0 atom stereocenters. The molecular formula is C17H13ClN2O2. The van der Waals surface area contributed by atoms with E-state index in [-0.39, 0.29) is 5.57 Å². The minimum absolute atomic E-state index is 0.0288. The fourth-order valence-corrected chi connectivity index (χ4v) is 1.88. The lowest BCUT2D eigenvalue weighted by Crippen LogP contribution is -2.24. The Morgan fingerprint density at radius 1 is 1.32 bits per heavy atom. The third-order valence-corrected chi connectivity index (χ3v) is 3.07. The summed E-state index contributed by atoms with van der Waals surface area (Å²) in [7, 11) is 0. The molecule has 1 aromatic carbocycles. The lowest BCUT2D eigenvalue weighted by atomic mass is 10.2. The van der Waals surface area contributed by atoms with Crippen LogP contribution in [0.5, 0.6) is 0 Å². The quantitative estimate of drug-likeness (QED) is 0.518. The van der Waals surface area contributed by atoms with Crippen molar-refractivity contribution in [2.24, 2.45) is 0 Å². The Balaban J connectivity index is 2.21. The fraction of sp³-hybridized carbons (Fsp3) is 0.0588. The van der Waals surface area contributed by atoms with Crippen LogP contribution in [0.25, 0.3) is 17.4 Å². The van der Waals surface area contributed by atoms with Gasteiger partial charge in [-0.25, -0.2) is 0 Å². The van der Waals surface area contributed by atoms with Gasteiger partial charge in [0.15, 0.2) is 0 Å². The summed E-state index contributed by atoms with van der Waals surface area (Å²) >= 11 is 5.84. The van der Waals surface area contributed by atoms with Gasteiger partial charge in [0.05, 0.1) is 0 Å². The molecule has 110 valence electrons. The van der Waals surface area contributed by atoms with Gasteiger partial charge in [-0.15, -0.1) is 6.58 Å². The number of halogens is 1. The molecule has 1 aromatic heterocycles. The topological polar surface area (TPSA) is 66.0 Å². The van der Waals surface area contributed by atoms with Gasteiger partial charge in [-0.05, 0) is 36.4 Å². The molecule has 0 saturated carbocycles. The number of hydrogen-bond donors (Lipinski definition) is 1. The highest BCUT2D eigenvalue weighted by molar-refractivity contribution is 6.30. The molecule has 4 nitrogen and oxygen atoms in total. The number of benzene rings is 1. The highest BCUT2D eigenvalue weighted by atomic mass is 35.5. The zero-order valence-electron chi connectivity index (χ0n) is 11.7. The van der Waals surface area contributed by atoms with Gasteiger partial charge in [0.25, 0.3) is 5.91 Å². The van der Waals surface area contributed by atoms with Crippen molar-refractivity contribution in [2.45, 2.75) is 0 Å². The molecule has 0 saturated heterocycles. The monoisotopic (exact) mass is 312 g/mol. The first-order valence-corrected chi connectivity index (χ1v) is 6.88. The van der Waals surface area contributed by atoms with Gasteiger partial charge in [0.2, 0.25) is 0 Å². The first-order valence-electron chi connectivity index (χ1n) is 6.50. The summed E-state index contributed by atoms with van der Waals surface area (Å²) in [6, 6.07) is 12.5. The summed E-state index contributed by atoms with van der Waals surface area (Å²) in [6.07, 6.45) is 2.94. The first kappa shape index (κ1) is 15.6. The summed E-state index contributed by atoms with van der Waals surface area (Å²) < 4.78 is 5.63. The van der Waals surface area contributed by atoms with Gasteiger partial charge in [-0.1, -0.05) is 17.7 Å². The molecule has 0 bridgehead atoms. The number of carbonyl (C=O) groups excluding carboxylic acids is 1. The highest BCUT2D eigenvalue weighted by Gasteiger charge is 2.10. The highest BCUT2D eigenvalue weighted by Crippen LogP contribution is 2.24. The molecule has 0 unspecified atom stereocenters. The maximum Gasteiger partial charge on any atom is 0.262 e. The number of amides is 1. The van der Waals surface area contributed by atoms with Crippen molar-refractivity contribution in [3.05, 3.63) is 65.4 Å². The average molecular weight is 313 g/mol. The lowest BCUT2D eigenvalue weighted by molar-refractivity contribution is -0.116. The molecule has 0 radical (unpaired) electrons. The standard InChI is InChI=1S/C17H13ClN2O2/c1-2-9-20-17(21)13(11-19)10-15-7-8-16(22-15)12-3-5-14(18)6-4-12/h2-8,10H,1,9H2,(H,20,21)/b13-10+. The van der Waals surface area contributed by atoms with Gasteiger partial charge in [0, 0.05) is 23.2 Å². The molecule has 0 aliphatic rings. The Kier molecular flexibility index (Phi) is 5.18. The first-order chi connectivity index (χ1) is 10.6.